The number of aryl methyl sites for hydroxylation is 1. The fraction of sp³-hybridized carbons (Fsp3) is 0.286. The van der Waals surface area contributed by atoms with E-state index in [0.717, 1.165) is 17.7 Å². The first kappa shape index (κ1) is 11.6. The molecule has 1 nitrogen and oxygen atoms in total. The number of hydrogen-bond donors (Lipinski definition) is 0. The lowest BCUT2D eigenvalue weighted by Gasteiger charge is -2.21. The maximum atomic E-state index is 4.00. The van der Waals surface area contributed by atoms with E-state index in [0.29, 0.717) is 0 Å². The third-order valence-electron chi connectivity index (χ3n) is 2.47. The maximum absolute atomic E-state index is 4.00. The SMILES string of the molecule is C=C(C)C(=C)CN(C)c1cccc(C)c1. The third kappa shape index (κ3) is 3.28. The van der Waals surface area contributed by atoms with Crippen LogP contribution in [0.4, 0.5) is 5.69 Å². The average Bonchev–Trinajstić information content (AvgIpc) is 2.17. The van der Waals surface area contributed by atoms with Gasteiger partial charge in [-0.3, -0.25) is 0 Å². The molecule has 0 fully saturated rings. The first-order valence-corrected chi connectivity index (χ1v) is 5.12. The van der Waals surface area contributed by atoms with Crippen molar-refractivity contribution in [3.8, 4) is 0 Å². The van der Waals surface area contributed by atoms with Gasteiger partial charge in [-0.2, -0.15) is 0 Å². The second-order valence-electron chi connectivity index (χ2n) is 4.08. The molecule has 0 saturated carbocycles. The van der Waals surface area contributed by atoms with Crippen molar-refractivity contribution in [2.75, 3.05) is 18.5 Å². The summed E-state index contributed by atoms with van der Waals surface area (Å²) in [6, 6.07) is 8.46. The first-order chi connectivity index (χ1) is 7.00. The zero-order valence-electron chi connectivity index (χ0n) is 9.88. The minimum atomic E-state index is 0.832. The van der Waals surface area contributed by atoms with Crippen molar-refractivity contribution in [3.63, 3.8) is 0 Å². The molecule has 0 saturated heterocycles. The van der Waals surface area contributed by atoms with Crippen molar-refractivity contribution in [1.82, 2.24) is 0 Å². The second kappa shape index (κ2) is 4.83. The predicted molar refractivity (Wildman–Crippen MR) is 68.4 cm³/mol. The number of anilines is 1. The molecule has 0 amide bonds. The summed E-state index contributed by atoms with van der Waals surface area (Å²) >= 11 is 0. The Bertz CT molecular complexity index is 377. The smallest absolute Gasteiger partial charge is 0.0422 e. The number of likely N-dealkylation sites (N-methyl/N-ethyl adjacent to an activating group) is 1. The van der Waals surface area contributed by atoms with Gasteiger partial charge in [0.2, 0.25) is 0 Å². The lowest BCUT2D eigenvalue weighted by Crippen LogP contribution is -2.20. The van der Waals surface area contributed by atoms with Crippen LogP contribution in [0.1, 0.15) is 12.5 Å². The Kier molecular flexibility index (Phi) is 3.73. The molecular weight excluding hydrogens is 182 g/mol. The van der Waals surface area contributed by atoms with Gasteiger partial charge in [0.05, 0.1) is 0 Å². The molecule has 1 aromatic rings. The zero-order chi connectivity index (χ0) is 11.4. The van der Waals surface area contributed by atoms with Gasteiger partial charge in [-0.05, 0) is 37.1 Å². The molecule has 0 heterocycles. The van der Waals surface area contributed by atoms with E-state index in [-0.39, 0.29) is 0 Å². The van der Waals surface area contributed by atoms with Crippen molar-refractivity contribution in [1.29, 1.82) is 0 Å². The van der Waals surface area contributed by atoms with Gasteiger partial charge in [0.25, 0.3) is 0 Å². The topological polar surface area (TPSA) is 3.24 Å². The summed E-state index contributed by atoms with van der Waals surface area (Å²) in [7, 11) is 2.07. The van der Waals surface area contributed by atoms with E-state index in [1.165, 1.54) is 11.3 Å². The van der Waals surface area contributed by atoms with Crippen LogP contribution in [0.5, 0.6) is 0 Å². The van der Waals surface area contributed by atoms with Crippen LogP contribution in [-0.2, 0) is 0 Å². The average molecular weight is 201 g/mol. The van der Waals surface area contributed by atoms with Crippen molar-refractivity contribution < 1.29 is 0 Å². The van der Waals surface area contributed by atoms with Crippen molar-refractivity contribution in [2.24, 2.45) is 0 Å². The van der Waals surface area contributed by atoms with E-state index in [4.69, 9.17) is 0 Å². The van der Waals surface area contributed by atoms with Crippen LogP contribution < -0.4 is 4.90 Å². The molecule has 1 aromatic carbocycles. The summed E-state index contributed by atoms with van der Waals surface area (Å²) in [5, 5.41) is 0. The van der Waals surface area contributed by atoms with Gasteiger partial charge in [-0.15, -0.1) is 0 Å². The van der Waals surface area contributed by atoms with Gasteiger partial charge < -0.3 is 4.90 Å². The van der Waals surface area contributed by atoms with E-state index in [1.807, 2.05) is 6.92 Å². The molecule has 80 valence electrons. The molecule has 1 heteroatoms. The normalized spacial score (nSPS) is 9.80. The maximum Gasteiger partial charge on any atom is 0.0422 e. The number of rotatable bonds is 4. The lowest BCUT2D eigenvalue weighted by atomic mass is 10.1. The molecule has 0 spiro atoms. The Balaban J connectivity index is 2.73. The van der Waals surface area contributed by atoms with Gasteiger partial charge in [-0.1, -0.05) is 30.9 Å². The molecule has 0 radical (unpaired) electrons. The van der Waals surface area contributed by atoms with E-state index >= 15 is 0 Å². The van der Waals surface area contributed by atoms with Crippen molar-refractivity contribution in [3.05, 3.63) is 54.1 Å². The van der Waals surface area contributed by atoms with E-state index in [9.17, 15) is 0 Å². The van der Waals surface area contributed by atoms with Crippen LogP contribution in [0.25, 0.3) is 0 Å². The Morgan fingerprint density at radius 1 is 1.33 bits per heavy atom. The van der Waals surface area contributed by atoms with Gasteiger partial charge in [0.15, 0.2) is 0 Å². The van der Waals surface area contributed by atoms with Gasteiger partial charge in [0.1, 0.15) is 0 Å². The highest BCUT2D eigenvalue weighted by molar-refractivity contribution is 5.49. The van der Waals surface area contributed by atoms with E-state index in [1.54, 1.807) is 0 Å². The fourth-order valence-corrected chi connectivity index (χ4v) is 1.38. The molecule has 0 aliphatic rings. The molecule has 0 unspecified atom stereocenters. The second-order valence-corrected chi connectivity index (χ2v) is 4.08. The Labute approximate surface area is 92.7 Å². The van der Waals surface area contributed by atoms with Crippen LogP contribution in [-0.4, -0.2) is 13.6 Å². The van der Waals surface area contributed by atoms with Gasteiger partial charge in [-0.25, -0.2) is 0 Å². The van der Waals surface area contributed by atoms with E-state index in [2.05, 4.69) is 56.3 Å². The lowest BCUT2D eigenvalue weighted by molar-refractivity contribution is 0.990. The molecule has 0 aliphatic carbocycles. The van der Waals surface area contributed by atoms with Crippen LogP contribution in [0.15, 0.2) is 48.6 Å². The van der Waals surface area contributed by atoms with Gasteiger partial charge >= 0.3 is 0 Å². The largest absolute Gasteiger partial charge is 0.370 e. The molecule has 1 rings (SSSR count). The standard InChI is InChI=1S/C14H19N/c1-11(2)13(4)10-15(5)14-8-6-7-12(3)9-14/h6-9H,1,4,10H2,2-3,5H3. The fourth-order valence-electron chi connectivity index (χ4n) is 1.38. The molecule has 0 N–H and O–H groups in total. The van der Waals surface area contributed by atoms with Crippen molar-refractivity contribution >= 4 is 5.69 Å². The summed E-state index contributed by atoms with van der Waals surface area (Å²) in [6.07, 6.45) is 0. The molecule has 15 heavy (non-hydrogen) atoms. The highest BCUT2D eigenvalue weighted by Gasteiger charge is 2.03. The number of hydrogen-bond acceptors (Lipinski definition) is 1. The predicted octanol–water partition coefficient (Wildman–Crippen LogP) is 3.56. The highest BCUT2D eigenvalue weighted by Crippen LogP contribution is 2.16. The van der Waals surface area contributed by atoms with Crippen LogP contribution >= 0.6 is 0 Å². The van der Waals surface area contributed by atoms with E-state index < -0.39 is 0 Å². The summed E-state index contributed by atoms with van der Waals surface area (Å²) < 4.78 is 0. The minimum absolute atomic E-state index is 0.832. The minimum Gasteiger partial charge on any atom is -0.370 e. The summed E-state index contributed by atoms with van der Waals surface area (Å²) in [4.78, 5) is 2.18. The molecule has 0 aliphatic heterocycles. The molecule has 0 atom stereocenters. The molecule has 0 aromatic heterocycles. The summed E-state index contributed by atoms with van der Waals surface area (Å²) in [5.41, 5.74) is 4.63. The Hall–Kier alpha value is -1.50. The Morgan fingerprint density at radius 2 is 2.00 bits per heavy atom. The third-order valence-corrected chi connectivity index (χ3v) is 2.47. The summed E-state index contributed by atoms with van der Waals surface area (Å²) in [5.74, 6) is 0. The van der Waals surface area contributed by atoms with Crippen LogP contribution in [0.3, 0.4) is 0 Å². The monoisotopic (exact) mass is 201 g/mol. The Morgan fingerprint density at radius 3 is 2.53 bits per heavy atom. The number of nitrogens with zero attached hydrogens (tertiary/aromatic N) is 1. The summed E-state index contributed by atoms with van der Waals surface area (Å²) in [6.45, 7) is 12.8. The van der Waals surface area contributed by atoms with Gasteiger partial charge in [0, 0.05) is 19.3 Å². The first-order valence-electron chi connectivity index (χ1n) is 5.12. The van der Waals surface area contributed by atoms with Crippen LogP contribution in [0, 0.1) is 6.92 Å². The molecule has 0 bridgehead atoms. The van der Waals surface area contributed by atoms with Crippen LogP contribution in [0.2, 0.25) is 0 Å². The quantitative estimate of drug-likeness (QED) is 0.673. The number of benzene rings is 1. The van der Waals surface area contributed by atoms with Crippen molar-refractivity contribution in [2.45, 2.75) is 13.8 Å². The molecular formula is C14H19N. The highest BCUT2D eigenvalue weighted by atomic mass is 15.1. The zero-order valence-corrected chi connectivity index (χ0v) is 9.88.